The monoisotopic (exact) mass is 130 g/mol. The van der Waals surface area contributed by atoms with Gasteiger partial charge in [0.2, 0.25) is 0 Å². The summed E-state index contributed by atoms with van der Waals surface area (Å²) in [5.41, 5.74) is -0.407. The molecule has 0 heterocycles. The molecule has 0 aromatic rings. The summed E-state index contributed by atoms with van der Waals surface area (Å²) in [4.78, 5) is 0. The summed E-state index contributed by atoms with van der Waals surface area (Å²) in [6.45, 7) is 2.01. The van der Waals surface area contributed by atoms with Gasteiger partial charge in [0, 0.05) is 0 Å². The van der Waals surface area contributed by atoms with E-state index < -0.39 is 5.44 Å². The van der Waals surface area contributed by atoms with Crippen LogP contribution in [0.25, 0.3) is 0 Å². The van der Waals surface area contributed by atoms with E-state index >= 15 is 0 Å². The summed E-state index contributed by atoms with van der Waals surface area (Å²) in [7, 11) is 0. The second-order valence-corrected chi connectivity index (χ2v) is 1.87. The van der Waals surface area contributed by atoms with Gasteiger partial charge < -0.3 is 5.11 Å². The van der Waals surface area contributed by atoms with Gasteiger partial charge in [-0.25, -0.2) is 0 Å². The first-order chi connectivity index (χ1) is 2.77. The van der Waals surface area contributed by atoms with Crippen LogP contribution in [0.4, 0.5) is 0 Å². The van der Waals surface area contributed by atoms with Gasteiger partial charge in [-0.1, -0.05) is 13.3 Å². The molecule has 40 valence electrons. The topological polar surface area (TPSA) is 20.2 Å². The molecule has 0 amide bonds. The maximum absolute atomic E-state index is 8.42. The van der Waals surface area contributed by atoms with Crippen LogP contribution in [0.3, 0.4) is 0 Å². The van der Waals surface area contributed by atoms with E-state index in [9.17, 15) is 0 Å². The molecule has 0 aliphatic rings. The van der Waals surface area contributed by atoms with E-state index in [2.05, 4.69) is 12.6 Å². The molecule has 0 saturated carbocycles. The molecule has 0 aliphatic carbocycles. The van der Waals surface area contributed by atoms with Crippen molar-refractivity contribution in [2.45, 2.75) is 25.2 Å². The Morgan fingerprint density at radius 2 is 2.14 bits per heavy atom. The fourth-order valence-corrected chi connectivity index (χ4v) is 0.516. The third-order valence-electron chi connectivity index (χ3n) is 0.547. The first kappa shape index (κ1) is 11.2. The van der Waals surface area contributed by atoms with E-state index in [-0.39, 0.29) is 29.6 Å². The van der Waals surface area contributed by atoms with Crippen molar-refractivity contribution < 1.29 is 5.11 Å². The number of aliphatic hydroxyl groups is 1. The minimum absolute atomic E-state index is 0. The molecular weight excluding hydrogens is 119 g/mol. The molecule has 0 saturated heterocycles. The Labute approximate surface area is 72.2 Å². The van der Waals surface area contributed by atoms with Gasteiger partial charge in [-0.15, -0.1) is 12.6 Å². The van der Waals surface area contributed by atoms with E-state index in [1.807, 2.05) is 6.92 Å². The molecule has 0 bridgehead atoms. The van der Waals surface area contributed by atoms with E-state index in [0.717, 1.165) is 12.8 Å². The number of aliphatic hydroxyl groups excluding tert-OH is 1. The van der Waals surface area contributed by atoms with Crippen LogP contribution in [0.5, 0.6) is 0 Å². The quantitative estimate of drug-likeness (QED) is 0.315. The van der Waals surface area contributed by atoms with Crippen LogP contribution in [0.1, 0.15) is 19.8 Å². The van der Waals surface area contributed by atoms with Crippen molar-refractivity contribution in [2.24, 2.45) is 0 Å². The Bertz CT molecular complexity index is 32.9. The third kappa shape index (κ3) is 11.1. The second kappa shape index (κ2) is 7.31. The minimum atomic E-state index is -0.407. The van der Waals surface area contributed by atoms with Gasteiger partial charge in [-0.2, -0.15) is 0 Å². The Hall–Kier alpha value is 1.31. The molecule has 7 heavy (non-hydrogen) atoms. The molecule has 1 nitrogen and oxygen atoms in total. The fraction of sp³-hybridized carbons (Fsp3) is 1.00. The van der Waals surface area contributed by atoms with Gasteiger partial charge in [-0.3, -0.25) is 0 Å². The molecule has 0 aromatic carbocycles. The van der Waals surface area contributed by atoms with Crippen LogP contribution in [0.15, 0.2) is 0 Å². The van der Waals surface area contributed by atoms with E-state index in [1.165, 1.54) is 0 Å². The summed E-state index contributed by atoms with van der Waals surface area (Å²) in [5.74, 6) is 0. The molecule has 1 unspecified atom stereocenters. The molecular formula is C4H11NaOS. The van der Waals surface area contributed by atoms with E-state index in [0.29, 0.717) is 0 Å². The fourth-order valence-electron chi connectivity index (χ4n) is 0.258. The van der Waals surface area contributed by atoms with Gasteiger partial charge in [0.1, 0.15) is 0 Å². The molecule has 3 heteroatoms. The number of hydrogen-bond acceptors (Lipinski definition) is 2. The predicted octanol–water partition coefficient (Wildman–Crippen LogP) is 0.386. The SMILES string of the molecule is CCCC(O)S.[NaH]. The first-order valence-corrected chi connectivity index (χ1v) is 2.65. The summed E-state index contributed by atoms with van der Waals surface area (Å²) < 4.78 is 0. The Morgan fingerprint density at radius 1 is 1.71 bits per heavy atom. The van der Waals surface area contributed by atoms with Gasteiger partial charge in [0.25, 0.3) is 0 Å². The van der Waals surface area contributed by atoms with Crippen molar-refractivity contribution in [1.82, 2.24) is 0 Å². The summed E-state index contributed by atoms with van der Waals surface area (Å²) in [6, 6.07) is 0. The van der Waals surface area contributed by atoms with Gasteiger partial charge >= 0.3 is 29.6 Å². The van der Waals surface area contributed by atoms with Crippen LogP contribution >= 0.6 is 12.6 Å². The molecule has 0 aromatic heterocycles. The van der Waals surface area contributed by atoms with E-state index in [1.54, 1.807) is 0 Å². The molecule has 0 radical (unpaired) electrons. The van der Waals surface area contributed by atoms with Gasteiger partial charge in [0.05, 0.1) is 5.44 Å². The molecule has 1 N–H and O–H groups in total. The second-order valence-electron chi connectivity index (χ2n) is 1.27. The van der Waals surface area contributed by atoms with Crippen LogP contribution in [-0.4, -0.2) is 40.1 Å². The van der Waals surface area contributed by atoms with Crippen molar-refractivity contribution >= 4 is 42.2 Å². The summed E-state index contributed by atoms with van der Waals surface area (Å²) in [5, 5.41) is 8.42. The Balaban J connectivity index is 0. The van der Waals surface area contributed by atoms with E-state index in [4.69, 9.17) is 5.11 Å². The Morgan fingerprint density at radius 3 is 2.14 bits per heavy atom. The maximum atomic E-state index is 8.42. The molecule has 1 atom stereocenters. The zero-order valence-corrected chi connectivity index (χ0v) is 4.78. The van der Waals surface area contributed by atoms with Crippen molar-refractivity contribution in [1.29, 1.82) is 0 Å². The third-order valence-corrected chi connectivity index (χ3v) is 0.805. The number of thiol groups is 1. The van der Waals surface area contributed by atoms with Crippen molar-refractivity contribution in [2.75, 3.05) is 0 Å². The number of hydrogen-bond donors (Lipinski definition) is 2. The Kier molecular flexibility index (Phi) is 11.6. The zero-order chi connectivity index (χ0) is 4.99. The van der Waals surface area contributed by atoms with Crippen LogP contribution in [-0.2, 0) is 0 Å². The summed E-state index contributed by atoms with van der Waals surface area (Å²) >= 11 is 3.73. The standard InChI is InChI=1S/C4H10OS.Na.H/c1-2-3-4(5)6;;/h4-6H,2-3H2,1H3;;. The van der Waals surface area contributed by atoms with Crippen LogP contribution in [0.2, 0.25) is 0 Å². The number of rotatable bonds is 2. The van der Waals surface area contributed by atoms with Crippen LogP contribution < -0.4 is 0 Å². The molecule has 0 spiro atoms. The molecule has 0 rings (SSSR count). The van der Waals surface area contributed by atoms with Crippen LogP contribution in [0, 0.1) is 0 Å². The normalized spacial score (nSPS) is 12.4. The van der Waals surface area contributed by atoms with Crippen molar-refractivity contribution in [3.63, 3.8) is 0 Å². The van der Waals surface area contributed by atoms with Gasteiger partial charge in [0.15, 0.2) is 0 Å². The average molecular weight is 130 g/mol. The predicted molar refractivity (Wildman–Crippen MR) is 37.0 cm³/mol. The van der Waals surface area contributed by atoms with Crippen molar-refractivity contribution in [3.8, 4) is 0 Å². The van der Waals surface area contributed by atoms with Gasteiger partial charge in [-0.05, 0) is 6.42 Å². The van der Waals surface area contributed by atoms with Crippen molar-refractivity contribution in [3.05, 3.63) is 0 Å². The molecule has 0 fully saturated rings. The first-order valence-electron chi connectivity index (χ1n) is 2.13. The average Bonchev–Trinajstić information content (AvgIpc) is 1.35. The molecule has 0 aliphatic heterocycles. The summed E-state index contributed by atoms with van der Waals surface area (Å²) in [6.07, 6.45) is 1.80. The zero-order valence-electron chi connectivity index (χ0n) is 3.89.